The van der Waals surface area contributed by atoms with Gasteiger partial charge in [0.15, 0.2) is 0 Å². The Balaban J connectivity index is 0.000000718. The number of halogens is 3. The Morgan fingerprint density at radius 1 is 1.03 bits per heavy atom. The summed E-state index contributed by atoms with van der Waals surface area (Å²) in [5, 5.41) is 8.78. The summed E-state index contributed by atoms with van der Waals surface area (Å²) in [5.41, 5.74) is 1.90. The lowest BCUT2D eigenvalue weighted by molar-refractivity contribution is -0.895. The minimum Gasteiger partial charge on any atom is -0.542 e. The molecular formula is C23H38F3N3O4S. The third-order valence-electron chi connectivity index (χ3n) is 5.74. The highest BCUT2D eigenvalue weighted by Gasteiger charge is 2.29. The van der Waals surface area contributed by atoms with Crippen LogP contribution < -0.4 is 14.6 Å². The van der Waals surface area contributed by atoms with Gasteiger partial charge in [0.1, 0.15) is 5.97 Å². The molecule has 196 valence electrons. The molecule has 0 bridgehead atoms. The van der Waals surface area contributed by atoms with Crippen LogP contribution in [0.3, 0.4) is 0 Å². The zero-order valence-electron chi connectivity index (χ0n) is 20.3. The van der Waals surface area contributed by atoms with E-state index in [1.807, 2.05) is 24.3 Å². The molecule has 34 heavy (non-hydrogen) atoms. The minimum absolute atomic E-state index is 0.0284. The number of carbonyl (C=O) groups is 1. The second-order valence-electron chi connectivity index (χ2n) is 9.38. The van der Waals surface area contributed by atoms with Crippen molar-refractivity contribution in [2.24, 2.45) is 0 Å². The molecule has 0 unspecified atom stereocenters. The Morgan fingerprint density at radius 3 is 2.03 bits per heavy atom. The van der Waals surface area contributed by atoms with Crippen LogP contribution in [0.4, 0.5) is 18.9 Å². The first-order valence-electron chi connectivity index (χ1n) is 11.7. The van der Waals surface area contributed by atoms with Gasteiger partial charge in [-0.3, -0.25) is 4.72 Å². The number of carboxylic acids is 1. The fraction of sp³-hybridized carbons (Fsp3) is 0.696. The van der Waals surface area contributed by atoms with Gasteiger partial charge in [-0.05, 0) is 30.5 Å². The maximum atomic E-state index is 12.4. The van der Waals surface area contributed by atoms with E-state index in [-0.39, 0.29) is 6.04 Å². The number of alkyl halides is 3. The fourth-order valence-corrected chi connectivity index (χ4v) is 4.82. The zero-order chi connectivity index (χ0) is 25.8. The quantitative estimate of drug-likeness (QED) is 0.353. The summed E-state index contributed by atoms with van der Waals surface area (Å²) in [6.45, 7) is 4.24. The van der Waals surface area contributed by atoms with Crippen molar-refractivity contribution < 1.29 is 36.0 Å². The molecule has 0 saturated carbocycles. The molecule has 0 aliphatic carbocycles. The van der Waals surface area contributed by atoms with Crippen molar-refractivity contribution in [1.82, 2.24) is 4.72 Å². The summed E-state index contributed by atoms with van der Waals surface area (Å²) in [5.74, 6) is -3.01. The first-order chi connectivity index (χ1) is 15.7. The molecule has 7 nitrogen and oxygen atoms in total. The molecule has 0 aromatic heterocycles. The Bertz CT molecular complexity index is 834. The van der Waals surface area contributed by atoms with E-state index in [0.717, 1.165) is 36.8 Å². The Hall–Kier alpha value is -1.85. The second-order valence-corrected chi connectivity index (χ2v) is 10.8. The maximum absolute atomic E-state index is 12.4. The van der Waals surface area contributed by atoms with Crippen LogP contribution in [0.25, 0.3) is 0 Å². The van der Waals surface area contributed by atoms with Crippen LogP contribution in [0.15, 0.2) is 24.3 Å². The number of anilines is 1. The number of piperidine rings is 1. The SMILES string of the molecule is CCCCCCCCc1ccc(NS(=O)(=O)NC2CC[N+](C)(C)CC2)cc1.O=C([O-])C(F)(F)F. The molecule has 1 saturated heterocycles. The number of carbonyl (C=O) groups excluding carboxylic acids is 1. The van der Waals surface area contributed by atoms with Crippen LogP contribution in [-0.4, -0.2) is 58.3 Å². The summed E-state index contributed by atoms with van der Waals surface area (Å²) in [6.07, 6.45) is 5.37. The lowest BCUT2D eigenvalue weighted by Crippen LogP contribution is -2.52. The molecule has 0 radical (unpaired) electrons. The van der Waals surface area contributed by atoms with E-state index in [4.69, 9.17) is 9.90 Å². The number of likely N-dealkylation sites (tertiary alicyclic amines) is 1. The summed E-state index contributed by atoms with van der Waals surface area (Å²) in [6, 6.07) is 7.83. The predicted octanol–water partition coefficient (Wildman–Crippen LogP) is 3.37. The monoisotopic (exact) mass is 509 g/mol. The summed E-state index contributed by atoms with van der Waals surface area (Å²) < 4.78 is 62.7. The summed E-state index contributed by atoms with van der Waals surface area (Å²) in [7, 11) is 0.859. The smallest absolute Gasteiger partial charge is 0.430 e. The molecule has 1 fully saturated rings. The molecule has 0 amide bonds. The number of hydrogen-bond acceptors (Lipinski definition) is 4. The molecule has 2 N–H and O–H groups in total. The third kappa shape index (κ3) is 13.1. The van der Waals surface area contributed by atoms with E-state index in [1.54, 1.807) is 0 Å². The number of aliphatic carboxylic acids is 1. The number of hydrogen-bond donors (Lipinski definition) is 2. The van der Waals surface area contributed by atoms with Crippen LogP contribution in [0.2, 0.25) is 0 Å². The molecule has 1 aromatic rings. The van der Waals surface area contributed by atoms with Crippen LogP contribution in [0.5, 0.6) is 0 Å². The van der Waals surface area contributed by atoms with Crippen molar-refractivity contribution in [1.29, 1.82) is 0 Å². The van der Waals surface area contributed by atoms with Gasteiger partial charge in [-0.15, -0.1) is 0 Å². The van der Waals surface area contributed by atoms with Gasteiger partial charge in [0.05, 0.1) is 27.2 Å². The third-order valence-corrected chi connectivity index (χ3v) is 6.89. The van der Waals surface area contributed by atoms with Gasteiger partial charge >= 0.3 is 6.18 Å². The maximum Gasteiger partial charge on any atom is 0.430 e. The molecule has 1 aliphatic heterocycles. The van der Waals surface area contributed by atoms with Crippen LogP contribution in [-0.2, 0) is 21.4 Å². The number of benzene rings is 1. The van der Waals surface area contributed by atoms with Crippen molar-refractivity contribution in [2.75, 3.05) is 31.9 Å². The summed E-state index contributed by atoms with van der Waals surface area (Å²) >= 11 is 0. The lowest BCUT2D eigenvalue weighted by Gasteiger charge is -2.37. The van der Waals surface area contributed by atoms with Gasteiger partial charge in [-0.25, -0.2) is 0 Å². The molecule has 2 rings (SSSR count). The highest BCUT2D eigenvalue weighted by molar-refractivity contribution is 7.90. The van der Waals surface area contributed by atoms with Gasteiger partial charge in [-0.2, -0.15) is 26.3 Å². The van der Waals surface area contributed by atoms with Crippen LogP contribution in [0, 0.1) is 0 Å². The number of quaternary nitrogens is 1. The Morgan fingerprint density at radius 2 is 1.53 bits per heavy atom. The van der Waals surface area contributed by atoms with Crippen LogP contribution in [0.1, 0.15) is 63.9 Å². The van der Waals surface area contributed by atoms with Crippen molar-refractivity contribution in [2.45, 2.75) is 76.9 Å². The highest BCUT2D eigenvalue weighted by Crippen LogP contribution is 2.17. The van der Waals surface area contributed by atoms with E-state index >= 15 is 0 Å². The number of rotatable bonds is 11. The predicted molar refractivity (Wildman–Crippen MR) is 125 cm³/mol. The number of unbranched alkanes of at least 4 members (excludes halogenated alkanes) is 5. The first-order valence-corrected chi connectivity index (χ1v) is 13.2. The molecule has 1 aliphatic rings. The van der Waals surface area contributed by atoms with Crippen molar-refractivity contribution >= 4 is 21.9 Å². The Labute approximate surface area is 201 Å². The van der Waals surface area contributed by atoms with E-state index in [1.165, 1.54) is 44.1 Å². The number of carboxylic acid groups (broad SMARTS) is 1. The van der Waals surface area contributed by atoms with E-state index in [0.29, 0.717) is 5.69 Å². The van der Waals surface area contributed by atoms with Crippen LogP contribution >= 0.6 is 0 Å². The zero-order valence-corrected chi connectivity index (χ0v) is 21.1. The lowest BCUT2D eigenvalue weighted by atomic mass is 10.0. The van der Waals surface area contributed by atoms with Gasteiger partial charge in [0.25, 0.3) is 10.2 Å². The van der Waals surface area contributed by atoms with Gasteiger partial charge in [-0.1, -0.05) is 51.2 Å². The van der Waals surface area contributed by atoms with Crippen molar-refractivity contribution in [3.63, 3.8) is 0 Å². The minimum atomic E-state index is -5.19. The fourth-order valence-electron chi connectivity index (χ4n) is 3.64. The molecule has 1 heterocycles. The average Bonchev–Trinajstić information content (AvgIpc) is 2.73. The number of nitrogens with one attached hydrogen (secondary N) is 2. The molecule has 1 aromatic carbocycles. The number of nitrogens with zero attached hydrogens (tertiary/aromatic N) is 1. The molecule has 11 heteroatoms. The van der Waals surface area contributed by atoms with Gasteiger partial charge in [0.2, 0.25) is 0 Å². The largest absolute Gasteiger partial charge is 0.542 e. The first kappa shape index (κ1) is 30.2. The second kappa shape index (κ2) is 13.9. The normalized spacial score (nSPS) is 16.4. The summed E-state index contributed by atoms with van der Waals surface area (Å²) in [4.78, 5) is 8.78. The average molecular weight is 510 g/mol. The van der Waals surface area contributed by atoms with E-state index in [9.17, 15) is 21.6 Å². The van der Waals surface area contributed by atoms with E-state index in [2.05, 4.69) is 30.5 Å². The topological polar surface area (TPSA) is 98.3 Å². The molecule has 0 atom stereocenters. The Kier molecular flexibility index (Phi) is 12.3. The number of aryl methyl sites for hydroxylation is 1. The van der Waals surface area contributed by atoms with Gasteiger partial charge in [0, 0.05) is 24.6 Å². The van der Waals surface area contributed by atoms with Gasteiger partial charge < -0.3 is 14.4 Å². The van der Waals surface area contributed by atoms with Crippen molar-refractivity contribution in [3.8, 4) is 0 Å². The van der Waals surface area contributed by atoms with E-state index < -0.39 is 22.4 Å². The molecular weight excluding hydrogens is 471 g/mol. The highest BCUT2D eigenvalue weighted by atomic mass is 32.2. The standard InChI is InChI=1S/C21H38N3O2S.C2HF3O2/c1-4-5-6-7-8-9-10-19-11-13-20(14-12-19)22-27(25,26)23-21-15-17-24(2,3)18-16-21;3-2(4,5)1(6)7/h11-14,21-23H,4-10,15-18H2,1-3H3;(H,6,7)/q+1;/p-1. The van der Waals surface area contributed by atoms with Crippen molar-refractivity contribution in [3.05, 3.63) is 29.8 Å². The molecule has 0 spiro atoms.